The van der Waals surface area contributed by atoms with Crippen molar-refractivity contribution >= 4 is 23.7 Å². The molecule has 0 atom stereocenters. The van der Waals surface area contributed by atoms with Gasteiger partial charge in [-0.05, 0) is 50.6 Å². The summed E-state index contributed by atoms with van der Waals surface area (Å²) in [6, 6.07) is 10.5. The summed E-state index contributed by atoms with van der Waals surface area (Å²) in [5, 5.41) is 2.66. The lowest BCUT2D eigenvalue weighted by atomic mass is 10.2. The van der Waals surface area contributed by atoms with Crippen LogP contribution in [0.25, 0.3) is 6.08 Å². The third-order valence-corrected chi connectivity index (χ3v) is 4.12. The molecule has 1 N–H and O–H groups in total. The maximum atomic E-state index is 12.6. The number of rotatable bonds is 3. The fourth-order valence-corrected chi connectivity index (χ4v) is 2.96. The van der Waals surface area contributed by atoms with E-state index in [4.69, 9.17) is 0 Å². The van der Waals surface area contributed by atoms with Crippen molar-refractivity contribution in [3.8, 4) is 0 Å². The van der Waals surface area contributed by atoms with Crippen LogP contribution in [0.3, 0.4) is 0 Å². The lowest BCUT2D eigenvalue weighted by molar-refractivity contribution is -0.113. The molecular formula is C18H19N3O2. The Labute approximate surface area is 135 Å². The Morgan fingerprint density at radius 3 is 2.43 bits per heavy atom. The highest BCUT2D eigenvalue weighted by Crippen LogP contribution is 2.23. The van der Waals surface area contributed by atoms with Crippen LogP contribution in [0, 0.1) is 13.8 Å². The second kappa shape index (κ2) is 5.76. The van der Waals surface area contributed by atoms with Crippen LogP contribution in [0.5, 0.6) is 0 Å². The van der Waals surface area contributed by atoms with Gasteiger partial charge >= 0.3 is 6.03 Å². The van der Waals surface area contributed by atoms with Gasteiger partial charge in [0.2, 0.25) is 0 Å². The number of benzene rings is 1. The molecule has 1 aliphatic rings. The van der Waals surface area contributed by atoms with Crippen molar-refractivity contribution < 1.29 is 9.59 Å². The third kappa shape index (κ3) is 2.54. The van der Waals surface area contributed by atoms with Gasteiger partial charge in [-0.2, -0.15) is 0 Å². The first-order chi connectivity index (χ1) is 11.0. The predicted octanol–water partition coefficient (Wildman–Crippen LogP) is 3.22. The van der Waals surface area contributed by atoms with Crippen molar-refractivity contribution in [1.82, 2.24) is 9.88 Å². The normalized spacial score (nSPS) is 16.3. The number of hydrogen-bond donors (Lipinski definition) is 1. The molecule has 1 aromatic heterocycles. The van der Waals surface area contributed by atoms with Crippen LogP contribution < -0.4 is 10.2 Å². The fraction of sp³-hybridized carbons (Fsp3) is 0.222. The molecule has 118 valence electrons. The summed E-state index contributed by atoms with van der Waals surface area (Å²) < 4.78 is 2.17. The molecule has 0 bridgehead atoms. The van der Waals surface area contributed by atoms with E-state index < -0.39 is 6.03 Å². The first kappa shape index (κ1) is 15.1. The number of anilines is 1. The Hall–Kier alpha value is -2.82. The van der Waals surface area contributed by atoms with E-state index in [0.717, 1.165) is 28.4 Å². The van der Waals surface area contributed by atoms with E-state index in [9.17, 15) is 9.59 Å². The Kier molecular flexibility index (Phi) is 3.78. The van der Waals surface area contributed by atoms with Crippen LogP contribution in [0.1, 0.15) is 23.9 Å². The van der Waals surface area contributed by atoms with E-state index in [1.165, 1.54) is 0 Å². The van der Waals surface area contributed by atoms with Gasteiger partial charge < -0.3 is 9.88 Å². The molecule has 0 aliphatic carbocycles. The number of nitrogens with zero attached hydrogens (tertiary/aromatic N) is 2. The predicted molar refractivity (Wildman–Crippen MR) is 90.0 cm³/mol. The van der Waals surface area contributed by atoms with Gasteiger partial charge in [-0.1, -0.05) is 18.2 Å². The smallest absolute Gasteiger partial charge is 0.333 e. The van der Waals surface area contributed by atoms with Gasteiger partial charge in [0, 0.05) is 17.9 Å². The van der Waals surface area contributed by atoms with Crippen LogP contribution >= 0.6 is 0 Å². The van der Waals surface area contributed by atoms with Gasteiger partial charge in [-0.15, -0.1) is 0 Å². The summed E-state index contributed by atoms with van der Waals surface area (Å²) >= 11 is 0. The van der Waals surface area contributed by atoms with E-state index in [2.05, 4.69) is 16.8 Å². The topological polar surface area (TPSA) is 54.3 Å². The summed E-state index contributed by atoms with van der Waals surface area (Å²) in [7, 11) is 0. The molecule has 2 heterocycles. The molecule has 3 amide bonds. The standard InChI is InChI=1S/C18H19N3O2/c1-4-20-12(2)10-14(13(20)3)11-16-17(22)21(18(23)19-16)15-8-6-5-7-9-15/h5-11H,4H2,1-3H3,(H,19,23)/b16-11-. The monoisotopic (exact) mass is 309 g/mol. The van der Waals surface area contributed by atoms with Gasteiger partial charge in [0.25, 0.3) is 5.91 Å². The highest BCUT2D eigenvalue weighted by Gasteiger charge is 2.34. The second-order valence-electron chi connectivity index (χ2n) is 5.54. The number of carbonyl (C=O) groups excluding carboxylic acids is 2. The Balaban J connectivity index is 1.97. The maximum Gasteiger partial charge on any atom is 0.333 e. The maximum absolute atomic E-state index is 12.6. The summed E-state index contributed by atoms with van der Waals surface area (Å²) in [6.07, 6.45) is 1.75. The molecule has 5 nitrogen and oxygen atoms in total. The number of aromatic nitrogens is 1. The molecule has 0 saturated carbocycles. The van der Waals surface area contributed by atoms with Crippen LogP contribution in [0.15, 0.2) is 42.1 Å². The molecule has 1 aliphatic heterocycles. The first-order valence-electron chi connectivity index (χ1n) is 7.62. The minimum Gasteiger partial charge on any atom is -0.349 e. The lowest BCUT2D eigenvalue weighted by Gasteiger charge is -2.10. The molecule has 1 fully saturated rings. The largest absolute Gasteiger partial charge is 0.349 e. The number of nitrogens with one attached hydrogen (secondary N) is 1. The average molecular weight is 309 g/mol. The SMILES string of the molecule is CCn1c(C)cc(/C=C2\NC(=O)N(c3ccccc3)C2=O)c1C. The van der Waals surface area contributed by atoms with Crippen LogP contribution in [0.4, 0.5) is 10.5 Å². The number of amides is 3. The van der Waals surface area contributed by atoms with Crippen molar-refractivity contribution in [1.29, 1.82) is 0 Å². The molecule has 2 aromatic rings. The highest BCUT2D eigenvalue weighted by molar-refractivity contribution is 6.28. The number of urea groups is 1. The molecule has 1 aromatic carbocycles. The number of carbonyl (C=O) groups is 2. The van der Waals surface area contributed by atoms with Crippen molar-refractivity contribution in [2.75, 3.05) is 4.90 Å². The first-order valence-corrected chi connectivity index (χ1v) is 7.62. The van der Waals surface area contributed by atoms with Gasteiger partial charge in [0.05, 0.1) is 5.69 Å². The molecule has 3 rings (SSSR count). The second-order valence-corrected chi connectivity index (χ2v) is 5.54. The van der Waals surface area contributed by atoms with E-state index in [1.807, 2.05) is 26.0 Å². The van der Waals surface area contributed by atoms with Gasteiger partial charge in [0.1, 0.15) is 5.70 Å². The zero-order valence-corrected chi connectivity index (χ0v) is 13.5. The van der Waals surface area contributed by atoms with E-state index >= 15 is 0 Å². The molecule has 1 saturated heterocycles. The minimum absolute atomic E-state index is 0.301. The van der Waals surface area contributed by atoms with Crippen LogP contribution in [-0.4, -0.2) is 16.5 Å². The summed E-state index contributed by atoms with van der Waals surface area (Å²) in [5.74, 6) is -0.331. The molecule has 0 unspecified atom stereocenters. The minimum atomic E-state index is -0.420. The average Bonchev–Trinajstić information content (AvgIpc) is 2.96. The fourth-order valence-electron chi connectivity index (χ4n) is 2.96. The zero-order valence-electron chi connectivity index (χ0n) is 13.5. The Morgan fingerprint density at radius 2 is 1.83 bits per heavy atom. The number of para-hydroxylation sites is 1. The van der Waals surface area contributed by atoms with Crippen molar-refractivity contribution in [2.45, 2.75) is 27.3 Å². The molecule has 0 spiro atoms. The summed E-state index contributed by atoms with van der Waals surface area (Å²) in [6.45, 7) is 7.00. The van der Waals surface area contributed by atoms with Gasteiger partial charge in [-0.25, -0.2) is 9.69 Å². The summed E-state index contributed by atoms with van der Waals surface area (Å²) in [5.41, 5.74) is 4.03. The number of aryl methyl sites for hydroxylation is 1. The zero-order chi connectivity index (χ0) is 16.6. The van der Waals surface area contributed by atoms with Gasteiger partial charge in [0.15, 0.2) is 0 Å². The quantitative estimate of drug-likeness (QED) is 0.699. The van der Waals surface area contributed by atoms with E-state index in [0.29, 0.717) is 11.4 Å². The lowest BCUT2D eigenvalue weighted by Crippen LogP contribution is -2.30. The highest BCUT2D eigenvalue weighted by atomic mass is 16.2. The number of hydrogen-bond acceptors (Lipinski definition) is 2. The number of imide groups is 1. The Morgan fingerprint density at radius 1 is 1.13 bits per heavy atom. The van der Waals surface area contributed by atoms with Crippen LogP contribution in [0.2, 0.25) is 0 Å². The molecule has 5 heteroatoms. The van der Waals surface area contributed by atoms with Crippen molar-refractivity contribution in [3.63, 3.8) is 0 Å². The van der Waals surface area contributed by atoms with Gasteiger partial charge in [-0.3, -0.25) is 4.79 Å². The van der Waals surface area contributed by atoms with Crippen LogP contribution in [-0.2, 0) is 11.3 Å². The molecule has 23 heavy (non-hydrogen) atoms. The van der Waals surface area contributed by atoms with Crippen molar-refractivity contribution in [3.05, 3.63) is 59.0 Å². The molecular weight excluding hydrogens is 290 g/mol. The van der Waals surface area contributed by atoms with E-state index in [-0.39, 0.29) is 5.91 Å². The van der Waals surface area contributed by atoms with Crippen molar-refractivity contribution in [2.24, 2.45) is 0 Å². The summed E-state index contributed by atoms with van der Waals surface area (Å²) in [4.78, 5) is 25.9. The molecule has 0 radical (unpaired) electrons. The Bertz CT molecular complexity index is 803. The third-order valence-electron chi connectivity index (χ3n) is 4.12. The van der Waals surface area contributed by atoms with E-state index in [1.54, 1.807) is 30.3 Å².